The SMILES string of the molecule is CCC(C)N1C(=O)CCCc2cc(-c3csc(-c4ccncc4)n3)ccc21. The summed E-state index contributed by atoms with van der Waals surface area (Å²) in [5.74, 6) is 0.240. The van der Waals surface area contributed by atoms with Gasteiger partial charge in [-0.05, 0) is 56.0 Å². The van der Waals surface area contributed by atoms with Gasteiger partial charge in [0.25, 0.3) is 0 Å². The second-order valence-electron chi connectivity index (χ2n) is 6.99. The van der Waals surface area contributed by atoms with Crippen LogP contribution in [0, 0.1) is 0 Å². The average Bonchev–Trinajstić information content (AvgIpc) is 3.13. The minimum Gasteiger partial charge on any atom is -0.309 e. The molecule has 0 saturated carbocycles. The molecule has 27 heavy (non-hydrogen) atoms. The summed E-state index contributed by atoms with van der Waals surface area (Å²) >= 11 is 1.65. The van der Waals surface area contributed by atoms with Crippen molar-refractivity contribution in [1.29, 1.82) is 0 Å². The van der Waals surface area contributed by atoms with Gasteiger partial charge in [0.05, 0.1) is 5.69 Å². The largest absolute Gasteiger partial charge is 0.309 e. The molecule has 5 heteroatoms. The second kappa shape index (κ2) is 7.61. The lowest BCUT2D eigenvalue weighted by Crippen LogP contribution is -2.38. The number of thiazole rings is 1. The Morgan fingerprint density at radius 1 is 1.15 bits per heavy atom. The number of fused-ring (bicyclic) bond motifs is 1. The topological polar surface area (TPSA) is 46.1 Å². The number of hydrogen-bond donors (Lipinski definition) is 0. The van der Waals surface area contributed by atoms with Crippen molar-refractivity contribution >= 4 is 22.9 Å². The highest BCUT2D eigenvalue weighted by Crippen LogP contribution is 2.34. The van der Waals surface area contributed by atoms with E-state index in [2.05, 4.69) is 42.4 Å². The number of benzene rings is 1. The van der Waals surface area contributed by atoms with Crippen LogP contribution < -0.4 is 4.90 Å². The number of rotatable bonds is 4. The molecule has 0 radical (unpaired) electrons. The summed E-state index contributed by atoms with van der Waals surface area (Å²) in [6.07, 6.45) is 6.99. The van der Waals surface area contributed by atoms with E-state index in [9.17, 15) is 4.79 Å². The van der Waals surface area contributed by atoms with Gasteiger partial charge in [0, 0.05) is 47.1 Å². The quantitative estimate of drug-likeness (QED) is 0.616. The second-order valence-corrected chi connectivity index (χ2v) is 7.85. The Hall–Kier alpha value is -2.53. The molecule has 1 aliphatic heterocycles. The highest BCUT2D eigenvalue weighted by atomic mass is 32.1. The fourth-order valence-electron chi connectivity index (χ4n) is 3.56. The van der Waals surface area contributed by atoms with Crippen LogP contribution in [-0.4, -0.2) is 21.9 Å². The number of carbonyl (C=O) groups is 1. The molecule has 3 heterocycles. The third-order valence-electron chi connectivity index (χ3n) is 5.20. The van der Waals surface area contributed by atoms with Gasteiger partial charge < -0.3 is 4.90 Å². The summed E-state index contributed by atoms with van der Waals surface area (Å²) in [4.78, 5) is 23.5. The highest BCUT2D eigenvalue weighted by Gasteiger charge is 2.26. The lowest BCUT2D eigenvalue weighted by Gasteiger charge is -2.29. The number of hydrogen-bond acceptors (Lipinski definition) is 4. The first kappa shape index (κ1) is 17.9. The molecule has 0 aliphatic carbocycles. The lowest BCUT2D eigenvalue weighted by molar-refractivity contribution is -0.119. The summed E-state index contributed by atoms with van der Waals surface area (Å²) < 4.78 is 0. The Morgan fingerprint density at radius 2 is 1.96 bits per heavy atom. The molecule has 2 aromatic heterocycles. The maximum atomic E-state index is 12.6. The van der Waals surface area contributed by atoms with E-state index in [1.807, 2.05) is 17.0 Å². The Kier molecular flexibility index (Phi) is 5.03. The Labute approximate surface area is 163 Å². The molecule has 0 fully saturated rings. The number of aromatic nitrogens is 2. The van der Waals surface area contributed by atoms with E-state index in [4.69, 9.17) is 4.98 Å². The molecule has 138 valence electrons. The van der Waals surface area contributed by atoms with Gasteiger partial charge in [-0.2, -0.15) is 0 Å². The number of nitrogens with zero attached hydrogens (tertiary/aromatic N) is 3. The van der Waals surface area contributed by atoms with Crippen molar-refractivity contribution in [3.8, 4) is 21.8 Å². The molecule has 4 rings (SSSR count). The van der Waals surface area contributed by atoms with Crippen molar-refractivity contribution < 1.29 is 4.79 Å². The Morgan fingerprint density at radius 3 is 2.74 bits per heavy atom. The van der Waals surface area contributed by atoms with Gasteiger partial charge in [-0.1, -0.05) is 13.0 Å². The van der Waals surface area contributed by atoms with Crippen molar-refractivity contribution in [3.05, 3.63) is 53.7 Å². The number of anilines is 1. The monoisotopic (exact) mass is 377 g/mol. The zero-order valence-electron chi connectivity index (χ0n) is 15.7. The van der Waals surface area contributed by atoms with Gasteiger partial charge in [0.2, 0.25) is 5.91 Å². The zero-order chi connectivity index (χ0) is 18.8. The molecule has 0 spiro atoms. The number of amides is 1. The molecule has 1 atom stereocenters. The van der Waals surface area contributed by atoms with Crippen LogP contribution in [0.2, 0.25) is 0 Å². The Bertz CT molecular complexity index is 951. The van der Waals surface area contributed by atoms with Crippen molar-refractivity contribution in [2.75, 3.05) is 4.90 Å². The first-order valence-electron chi connectivity index (χ1n) is 9.48. The van der Waals surface area contributed by atoms with Crippen LogP contribution in [0.25, 0.3) is 21.8 Å². The van der Waals surface area contributed by atoms with E-state index in [1.54, 1.807) is 23.7 Å². The maximum Gasteiger partial charge on any atom is 0.227 e. The molecule has 1 aromatic carbocycles. The molecule has 1 unspecified atom stereocenters. The molecule has 0 N–H and O–H groups in total. The number of pyridine rings is 1. The van der Waals surface area contributed by atoms with Crippen molar-refractivity contribution in [2.45, 2.75) is 45.6 Å². The van der Waals surface area contributed by atoms with Crippen LogP contribution >= 0.6 is 11.3 Å². The Balaban J connectivity index is 1.70. The third kappa shape index (κ3) is 3.52. The third-order valence-corrected chi connectivity index (χ3v) is 6.09. The van der Waals surface area contributed by atoms with Crippen LogP contribution in [0.15, 0.2) is 48.1 Å². The van der Waals surface area contributed by atoms with E-state index in [-0.39, 0.29) is 11.9 Å². The molecular formula is C22H23N3OS. The standard InChI is InChI=1S/C22H23N3OS/c1-3-15(2)25-20-8-7-17(13-18(20)5-4-6-21(25)26)19-14-27-22(24-19)16-9-11-23-12-10-16/h7-15H,3-6H2,1-2H3. The van der Waals surface area contributed by atoms with Crippen LogP contribution in [0.1, 0.15) is 38.7 Å². The molecule has 0 saturated heterocycles. The van der Waals surface area contributed by atoms with Crippen molar-refractivity contribution in [1.82, 2.24) is 9.97 Å². The summed E-state index contributed by atoms with van der Waals surface area (Å²) in [5, 5.41) is 3.10. The predicted octanol–water partition coefficient (Wildman–Crippen LogP) is 5.34. The van der Waals surface area contributed by atoms with Gasteiger partial charge in [0.15, 0.2) is 0 Å². The fraction of sp³-hybridized carbons (Fsp3) is 0.318. The minimum absolute atomic E-state index is 0.220. The summed E-state index contributed by atoms with van der Waals surface area (Å²) in [5.41, 5.74) is 5.51. The molecular weight excluding hydrogens is 354 g/mol. The van der Waals surface area contributed by atoms with E-state index in [0.717, 1.165) is 46.8 Å². The predicted molar refractivity (Wildman–Crippen MR) is 111 cm³/mol. The summed E-state index contributed by atoms with van der Waals surface area (Å²) in [6, 6.07) is 10.6. The molecule has 3 aromatic rings. The highest BCUT2D eigenvalue weighted by molar-refractivity contribution is 7.13. The van der Waals surface area contributed by atoms with E-state index in [1.165, 1.54) is 5.56 Å². The van der Waals surface area contributed by atoms with Gasteiger partial charge in [-0.3, -0.25) is 9.78 Å². The zero-order valence-corrected chi connectivity index (χ0v) is 16.5. The minimum atomic E-state index is 0.220. The summed E-state index contributed by atoms with van der Waals surface area (Å²) in [7, 11) is 0. The average molecular weight is 378 g/mol. The van der Waals surface area contributed by atoms with E-state index < -0.39 is 0 Å². The van der Waals surface area contributed by atoms with Crippen LogP contribution in [-0.2, 0) is 11.2 Å². The van der Waals surface area contributed by atoms with Crippen LogP contribution in [0.5, 0.6) is 0 Å². The first-order chi connectivity index (χ1) is 13.2. The van der Waals surface area contributed by atoms with Crippen molar-refractivity contribution in [3.63, 3.8) is 0 Å². The fourth-order valence-corrected chi connectivity index (χ4v) is 4.40. The number of aryl methyl sites for hydroxylation is 1. The molecule has 1 amide bonds. The molecule has 4 nitrogen and oxygen atoms in total. The normalized spacial score (nSPS) is 15.3. The lowest BCUT2D eigenvalue weighted by atomic mass is 10.0. The van der Waals surface area contributed by atoms with E-state index >= 15 is 0 Å². The van der Waals surface area contributed by atoms with Gasteiger partial charge in [-0.25, -0.2) is 4.98 Å². The first-order valence-corrected chi connectivity index (χ1v) is 10.4. The van der Waals surface area contributed by atoms with E-state index in [0.29, 0.717) is 6.42 Å². The van der Waals surface area contributed by atoms with Gasteiger partial charge >= 0.3 is 0 Å². The van der Waals surface area contributed by atoms with Crippen molar-refractivity contribution in [2.24, 2.45) is 0 Å². The van der Waals surface area contributed by atoms with Crippen LogP contribution in [0.3, 0.4) is 0 Å². The van der Waals surface area contributed by atoms with Gasteiger partial charge in [0.1, 0.15) is 5.01 Å². The molecule has 0 bridgehead atoms. The van der Waals surface area contributed by atoms with Gasteiger partial charge in [-0.15, -0.1) is 11.3 Å². The maximum absolute atomic E-state index is 12.6. The smallest absolute Gasteiger partial charge is 0.227 e. The number of carbonyl (C=O) groups excluding carboxylic acids is 1. The molecule has 1 aliphatic rings. The summed E-state index contributed by atoms with van der Waals surface area (Å²) in [6.45, 7) is 4.26. The van der Waals surface area contributed by atoms with Crippen LogP contribution in [0.4, 0.5) is 5.69 Å².